The van der Waals surface area contributed by atoms with Crippen LogP contribution in [0.5, 0.6) is 11.5 Å². The molecule has 0 saturated carbocycles. The van der Waals surface area contributed by atoms with Gasteiger partial charge in [-0.15, -0.1) is 0 Å². The molecule has 0 radical (unpaired) electrons. The van der Waals surface area contributed by atoms with Gasteiger partial charge in [-0.2, -0.15) is 30.4 Å². The van der Waals surface area contributed by atoms with Crippen molar-refractivity contribution in [1.29, 1.82) is 0 Å². The van der Waals surface area contributed by atoms with E-state index in [0.29, 0.717) is 5.75 Å². The van der Waals surface area contributed by atoms with Crippen LogP contribution in [0.3, 0.4) is 0 Å². The summed E-state index contributed by atoms with van der Waals surface area (Å²) in [4.78, 5) is 0. The summed E-state index contributed by atoms with van der Waals surface area (Å²) in [6.07, 6.45) is -10.1. The predicted octanol–water partition coefficient (Wildman–Crippen LogP) is 4.47. The normalized spacial score (nSPS) is 14.5. The van der Waals surface area contributed by atoms with Gasteiger partial charge in [-0.05, 0) is 71.2 Å². The number of ether oxygens (including phenoxy) is 2. The van der Waals surface area contributed by atoms with Gasteiger partial charge in [-0.1, -0.05) is 0 Å². The summed E-state index contributed by atoms with van der Waals surface area (Å²) in [5.74, 6) is -0.343. The topological polar surface area (TPSA) is 72.8 Å². The number of alkyl halides is 5. The van der Waals surface area contributed by atoms with E-state index in [2.05, 4.69) is 4.74 Å². The Labute approximate surface area is 167 Å². The zero-order valence-corrected chi connectivity index (χ0v) is 17.6. The van der Waals surface area contributed by atoms with Crippen molar-refractivity contribution in [2.45, 2.75) is 37.5 Å². The van der Waals surface area contributed by atoms with Crippen molar-refractivity contribution in [2.75, 3.05) is 0 Å². The van der Waals surface area contributed by atoms with E-state index >= 15 is 0 Å². The van der Waals surface area contributed by atoms with E-state index in [1.807, 2.05) is 0 Å². The summed E-state index contributed by atoms with van der Waals surface area (Å²) in [7, 11) is -6.36. The van der Waals surface area contributed by atoms with Crippen LogP contribution in [-0.4, -0.2) is 36.6 Å². The van der Waals surface area contributed by atoms with Crippen molar-refractivity contribution in [2.24, 2.45) is 0 Å². The van der Waals surface area contributed by atoms with Gasteiger partial charge in [0.2, 0.25) is 0 Å². The Morgan fingerprint density at radius 1 is 1.04 bits per heavy atom. The molecule has 0 aliphatic heterocycles. The van der Waals surface area contributed by atoms with Crippen LogP contribution in [0.2, 0.25) is 0 Å². The highest BCUT2D eigenvalue weighted by Crippen LogP contribution is 2.40. The maximum absolute atomic E-state index is 13.5. The van der Waals surface area contributed by atoms with Gasteiger partial charge in [0.05, 0.1) is 13.2 Å². The third kappa shape index (κ3) is 5.66. The summed E-state index contributed by atoms with van der Waals surface area (Å²) in [5.41, 5.74) is 0. The first-order chi connectivity index (χ1) is 11.1. The van der Waals surface area contributed by atoms with E-state index in [1.54, 1.807) is 59.0 Å². The van der Waals surface area contributed by atoms with E-state index in [1.165, 1.54) is 0 Å². The molecule has 0 amide bonds. The lowest BCUT2D eigenvalue weighted by Crippen LogP contribution is -2.53. The Morgan fingerprint density at radius 3 is 1.80 bits per heavy atom. The molecule has 0 aliphatic carbocycles. The number of rotatable bonds is 6. The first-order valence-electron chi connectivity index (χ1n) is 6.31. The summed E-state index contributed by atoms with van der Waals surface area (Å²) < 4.78 is 106. The fourth-order valence-electron chi connectivity index (χ4n) is 1.55. The van der Waals surface area contributed by atoms with Gasteiger partial charge >= 0.3 is 21.5 Å². The van der Waals surface area contributed by atoms with E-state index in [0.717, 1.165) is 12.1 Å². The second kappa shape index (κ2) is 7.84. The van der Waals surface area contributed by atoms with Gasteiger partial charge in [0, 0.05) is 0 Å². The largest absolute Gasteiger partial charge is 0.489 e. The molecule has 1 atom stereocenters. The van der Waals surface area contributed by atoms with Crippen LogP contribution >= 0.6 is 45.2 Å². The van der Waals surface area contributed by atoms with Crippen LogP contribution in [0.25, 0.3) is 0 Å². The van der Waals surface area contributed by atoms with E-state index < -0.39 is 33.4 Å². The zero-order chi connectivity index (χ0) is 19.8. The number of halogens is 7. The standard InChI is InChI=1S/C12H11F5I2O5S/c1-5(2)23-9-7(18)3-6(4-8(9)19)24-10(11(13,14)15)12(16,17)25(20,21)22/h3-5,10H,1-2H3,(H,20,21,22). The molecule has 0 aromatic heterocycles. The van der Waals surface area contributed by atoms with Crippen molar-refractivity contribution >= 4 is 55.3 Å². The summed E-state index contributed by atoms with van der Waals surface area (Å²) in [6.45, 7) is 3.42. The van der Waals surface area contributed by atoms with Crippen LogP contribution in [0, 0.1) is 7.14 Å². The molecule has 0 saturated heterocycles. The third-order valence-corrected chi connectivity index (χ3v) is 5.03. The lowest BCUT2D eigenvalue weighted by Gasteiger charge is -2.27. The molecule has 5 nitrogen and oxygen atoms in total. The maximum atomic E-state index is 13.5. The quantitative estimate of drug-likeness (QED) is 0.291. The number of hydrogen-bond donors (Lipinski definition) is 1. The van der Waals surface area contributed by atoms with E-state index in [-0.39, 0.29) is 13.2 Å². The molecule has 1 N–H and O–H groups in total. The van der Waals surface area contributed by atoms with Crippen LogP contribution in [0.1, 0.15) is 13.8 Å². The highest BCUT2D eigenvalue weighted by atomic mass is 127. The fourth-order valence-corrected chi connectivity index (χ4v) is 3.97. The molecular formula is C12H11F5I2O5S. The third-order valence-electron chi connectivity index (χ3n) is 2.53. The van der Waals surface area contributed by atoms with Crippen LogP contribution < -0.4 is 9.47 Å². The van der Waals surface area contributed by atoms with Gasteiger partial charge < -0.3 is 9.47 Å². The van der Waals surface area contributed by atoms with Crippen molar-refractivity contribution in [3.63, 3.8) is 0 Å². The van der Waals surface area contributed by atoms with Crippen molar-refractivity contribution in [3.8, 4) is 11.5 Å². The molecule has 25 heavy (non-hydrogen) atoms. The lowest BCUT2D eigenvalue weighted by atomic mass is 10.3. The predicted molar refractivity (Wildman–Crippen MR) is 94.6 cm³/mol. The summed E-state index contributed by atoms with van der Waals surface area (Å²) >= 11 is 3.41. The molecule has 0 fully saturated rings. The van der Waals surface area contributed by atoms with Gasteiger partial charge in [-0.25, -0.2) is 0 Å². The summed E-state index contributed by atoms with van der Waals surface area (Å²) in [5, 5.41) is -5.59. The van der Waals surface area contributed by atoms with Gasteiger partial charge in [-0.3, -0.25) is 4.55 Å². The Balaban J connectivity index is 3.32. The van der Waals surface area contributed by atoms with Crippen molar-refractivity contribution < 1.29 is 44.4 Å². The molecule has 0 aliphatic rings. The highest BCUT2D eigenvalue weighted by Gasteiger charge is 2.65. The maximum Gasteiger partial charge on any atom is 0.432 e. The molecule has 1 rings (SSSR count). The molecule has 1 unspecified atom stereocenters. The monoisotopic (exact) mass is 616 g/mol. The lowest BCUT2D eigenvalue weighted by molar-refractivity contribution is -0.239. The average molecular weight is 616 g/mol. The molecular weight excluding hydrogens is 605 g/mol. The van der Waals surface area contributed by atoms with Gasteiger partial charge in [0.25, 0.3) is 6.10 Å². The number of hydrogen-bond acceptors (Lipinski definition) is 4. The second-order valence-corrected chi connectivity index (χ2v) is 8.78. The van der Waals surface area contributed by atoms with Crippen LogP contribution in [0.15, 0.2) is 12.1 Å². The van der Waals surface area contributed by atoms with Crippen LogP contribution in [-0.2, 0) is 10.1 Å². The SMILES string of the molecule is CC(C)Oc1c(I)cc(OC(C(F)(F)F)C(F)(F)S(=O)(=O)O)cc1I. The van der Waals surface area contributed by atoms with Gasteiger partial charge in [0.15, 0.2) is 0 Å². The van der Waals surface area contributed by atoms with Gasteiger partial charge in [0.1, 0.15) is 11.5 Å². The summed E-state index contributed by atoms with van der Waals surface area (Å²) in [6, 6.07) is 1.97. The van der Waals surface area contributed by atoms with Crippen molar-refractivity contribution in [3.05, 3.63) is 19.3 Å². The Kier molecular flexibility index (Phi) is 7.17. The molecule has 1 aromatic carbocycles. The Bertz CT molecular complexity index is 713. The molecule has 13 heteroatoms. The zero-order valence-electron chi connectivity index (χ0n) is 12.4. The van der Waals surface area contributed by atoms with Crippen molar-refractivity contribution in [1.82, 2.24) is 0 Å². The smallest absolute Gasteiger partial charge is 0.432 e. The number of benzene rings is 1. The minimum Gasteiger partial charge on any atom is -0.489 e. The Hall–Kier alpha value is -0.160. The average Bonchev–Trinajstić information content (AvgIpc) is 2.37. The van der Waals surface area contributed by atoms with E-state index in [4.69, 9.17) is 9.29 Å². The minimum atomic E-state index is -6.36. The second-order valence-electron chi connectivity index (χ2n) is 4.96. The Morgan fingerprint density at radius 2 is 1.48 bits per heavy atom. The molecule has 0 spiro atoms. The molecule has 1 aromatic rings. The molecule has 0 bridgehead atoms. The fraction of sp³-hybridized carbons (Fsp3) is 0.500. The first-order valence-corrected chi connectivity index (χ1v) is 9.91. The van der Waals surface area contributed by atoms with E-state index in [9.17, 15) is 30.4 Å². The molecule has 144 valence electrons. The minimum absolute atomic E-state index is 0.249. The molecule has 0 heterocycles. The first kappa shape index (κ1) is 22.9. The van der Waals surface area contributed by atoms with Crippen LogP contribution in [0.4, 0.5) is 22.0 Å². The highest BCUT2D eigenvalue weighted by molar-refractivity contribution is 14.1.